The van der Waals surface area contributed by atoms with Gasteiger partial charge < -0.3 is 13.9 Å². The molecule has 0 saturated carbocycles. The molecule has 4 heterocycles. The van der Waals surface area contributed by atoms with Gasteiger partial charge in [-0.15, -0.1) is 10.2 Å². The van der Waals surface area contributed by atoms with Crippen LogP contribution in [0.2, 0.25) is 5.02 Å². The highest BCUT2D eigenvalue weighted by molar-refractivity contribution is 8.32. The third kappa shape index (κ3) is 7.26. The molecule has 0 radical (unpaired) electrons. The van der Waals surface area contributed by atoms with E-state index in [1.165, 1.54) is 31.0 Å². The Morgan fingerprint density at radius 1 is 0.956 bits per heavy atom. The topological polar surface area (TPSA) is 125 Å². The Morgan fingerprint density at radius 3 is 2.33 bits per heavy atom. The molecule has 0 unspecified atom stereocenters. The molecule has 0 bridgehead atoms. The summed E-state index contributed by atoms with van der Waals surface area (Å²) in [6, 6.07) is 14.2. The van der Waals surface area contributed by atoms with E-state index in [1.54, 1.807) is 53.4 Å². The number of methoxy groups -OCH3 is 2. The molecule has 0 fully saturated rings. The number of hydrogen-bond donors (Lipinski definition) is 0. The smallest absolute Gasteiger partial charge is 0.246 e. The molecule has 0 amide bonds. The van der Waals surface area contributed by atoms with E-state index in [4.69, 9.17) is 25.5 Å². The predicted octanol–water partition coefficient (Wildman–Crippen LogP) is 5.73. The second-order valence-electron chi connectivity index (χ2n) is 11.0. The number of anilines is 1. The highest BCUT2D eigenvalue weighted by atomic mass is 35.5. The Balaban J connectivity index is 1.63. The van der Waals surface area contributed by atoms with E-state index < -0.39 is 20.1 Å². The number of aromatic nitrogens is 5. The summed E-state index contributed by atoms with van der Waals surface area (Å²) in [5.74, 6) is 2.02. The largest absolute Gasteiger partial charge is 0.494 e. The zero-order chi connectivity index (χ0) is 32.2. The number of aryl methyl sites for hydroxylation is 1. The molecular formula is C31H35ClN6O5S2. The van der Waals surface area contributed by atoms with Crippen molar-refractivity contribution < 1.29 is 22.3 Å². The van der Waals surface area contributed by atoms with Gasteiger partial charge >= 0.3 is 0 Å². The minimum Gasteiger partial charge on any atom is -0.494 e. The van der Waals surface area contributed by atoms with Gasteiger partial charge in [-0.25, -0.2) is 22.8 Å². The molecule has 0 aliphatic heterocycles. The summed E-state index contributed by atoms with van der Waals surface area (Å²) in [6.07, 6.45) is 12.9. The van der Waals surface area contributed by atoms with Crippen LogP contribution in [0.3, 0.4) is 0 Å². The SMILES string of the molecule is COc1cccc(OC)c1-n1c(-c2ccco2)nnc1N(CCS(C)(C)C)S(=O)(=O)CCc1ncc(Cl)cc1-c1cccnc1. The third-order valence-electron chi connectivity index (χ3n) is 6.98. The lowest BCUT2D eigenvalue weighted by atomic mass is 10.0. The Bertz CT molecular complexity index is 1840. The summed E-state index contributed by atoms with van der Waals surface area (Å²) in [5, 5.41) is 9.32. The minimum absolute atomic E-state index is 0.0874. The maximum Gasteiger partial charge on any atom is 0.246 e. The summed E-state index contributed by atoms with van der Waals surface area (Å²) < 4.78 is 48.9. The Hall–Kier alpha value is -4.07. The number of ether oxygens (including phenoxy) is 2. The highest BCUT2D eigenvalue weighted by Gasteiger charge is 2.33. The van der Waals surface area contributed by atoms with Crippen molar-refractivity contribution in [2.45, 2.75) is 6.42 Å². The van der Waals surface area contributed by atoms with E-state index in [-0.39, 0.29) is 24.7 Å². The van der Waals surface area contributed by atoms with Crippen LogP contribution >= 0.6 is 21.6 Å². The Kier molecular flexibility index (Phi) is 9.70. The van der Waals surface area contributed by atoms with Gasteiger partial charge in [-0.1, -0.05) is 23.7 Å². The standard InChI is InChI=1S/C31H35ClN6O5S2/c1-41-26-10-6-11-27(42-2)29(26)38-30(28-12-8-16-43-28)35-36-31(38)37(15-18-44(3,4)5)45(39,40)17-13-25-24(19-23(32)21-34-25)22-9-7-14-33-20-22/h6-12,14,16,19-21H,13,15,17-18H2,1-5H3. The monoisotopic (exact) mass is 670 g/mol. The molecule has 0 atom stereocenters. The number of pyridine rings is 2. The van der Waals surface area contributed by atoms with Crippen LogP contribution < -0.4 is 13.8 Å². The molecule has 0 saturated heterocycles. The van der Waals surface area contributed by atoms with Crippen LogP contribution in [0.4, 0.5) is 5.95 Å². The summed E-state index contributed by atoms with van der Waals surface area (Å²) in [5.41, 5.74) is 2.54. The second kappa shape index (κ2) is 13.5. The van der Waals surface area contributed by atoms with Crippen LogP contribution in [-0.2, 0) is 16.4 Å². The molecule has 45 heavy (non-hydrogen) atoms. The molecule has 0 N–H and O–H groups in total. The molecule has 0 spiro atoms. The second-order valence-corrected chi connectivity index (χ2v) is 18.0. The lowest BCUT2D eigenvalue weighted by molar-refractivity contribution is 0.391. The summed E-state index contributed by atoms with van der Waals surface area (Å²) in [6.45, 7) is 0.179. The number of furan rings is 1. The number of hydrogen-bond acceptors (Lipinski definition) is 9. The van der Waals surface area contributed by atoms with Gasteiger partial charge in [0, 0.05) is 48.4 Å². The minimum atomic E-state index is -4.01. The van der Waals surface area contributed by atoms with E-state index in [0.717, 1.165) is 11.1 Å². The first-order valence-corrected chi connectivity index (χ1v) is 19.0. The first-order chi connectivity index (χ1) is 21.5. The van der Waals surface area contributed by atoms with Crippen molar-refractivity contribution in [3.63, 3.8) is 0 Å². The fourth-order valence-electron chi connectivity index (χ4n) is 4.76. The van der Waals surface area contributed by atoms with Crippen molar-refractivity contribution in [3.8, 4) is 39.9 Å². The molecule has 4 aromatic heterocycles. The van der Waals surface area contributed by atoms with E-state index in [9.17, 15) is 8.42 Å². The number of rotatable bonds is 13. The number of nitrogens with zero attached hydrogens (tertiary/aromatic N) is 6. The molecule has 11 nitrogen and oxygen atoms in total. The summed E-state index contributed by atoms with van der Waals surface area (Å²) in [4.78, 5) is 8.71. The average molecular weight is 671 g/mol. The normalized spacial score (nSPS) is 12.2. The predicted molar refractivity (Wildman–Crippen MR) is 180 cm³/mol. The van der Waals surface area contributed by atoms with Crippen molar-refractivity contribution in [2.24, 2.45) is 0 Å². The van der Waals surface area contributed by atoms with Gasteiger partial charge in [0.05, 0.1) is 31.3 Å². The van der Waals surface area contributed by atoms with Gasteiger partial charge in [0.1, 0.15) is 17.2 Å². The van der Waals surface area contributed by atoms with Crippen molar-refractivity contribution in [2.75, 3.05) is 55.3 Å². The number of halogens is 1. The molecular weight excluding hydrogens is 636 g/mol. The van der Waals surface area contributed by atoms with E-state index in [1.807, 2.05) is 12.1 Å². The zero-order valence-electron chi connectivity index (χ0n) is 25.7. The molecule has 238 valence electrons. The fraction of sp³-hybridized carbons (Fsp3) is 0.290. The van der Waals surface area contributed by atoms with Crippen LogP contribution in [0, 0.1) is 0 Å². The van der Waals surface area contributed by atoms with E-state index in [0.29, 0.717) is 45.2 Å². The number of benzene rings is 1. The summed E-state index contributed by atoms with van der Waals surface area (Å²) in [7, 11) is -2.05. The zero-order valence-corrected chi connectivity index (χ0v) is 28.1. The quantitative estimate of drug-likeness (QED) is 0.154. The molecule has 5 rings (SSSR count). The lowest BCUT2D eigenvalue weighted by Gasteiger charge is -2.30. The van der Waals surface area contributed by atoms with Gasteiger partial charge in [-0.05, 0) is 60.9 Å². The van der Waals surface area contributed by atoms with Crippen molar-refractivity contribution in [1.82, 2.24) is 24.7 Å². The first kappa shape index (κ1) is 32.3. The van der Waals surface area contributed by atoms with Gasteiger partial charge in [0.15, 0.2) is 5.76 Å². The van der Waals surface area contributed by atoms with Crippen LogP contribution in [-0.4, -0.2) is 84.2 Å². The highest BCUT2D eigenvalue weighted by Crippen LogP contribution is 2.40. The van der Waals surface area contributed by atoms with Crippen LogP contribution in [0.1, 0.15) is 5.69 Å². The molecule has 14 heteroatoms. The van der Waals surface area contributed by atoms with Crippen LogP contribution in [0.15, 0.2) is 77.8 Å². The Labute approximate surface area is 269 Å². The summed E-state index contributed by atoms with van der Waals surface area (Å²) >= 11 is 6.29. The molecule has 5 aromatic rings. The third-order valence-corrected chi connectivity index (χ3v) is 10.3. The van der Waals surface area contributed by atoms with Crippen molar-refractivity contribution >= 4 is 37.6 Å². The maximum absolute atomic E-state index is 14.4. The van der Waals surface area contributed by atoms with Crippen LogP contribution in [0.25, 0.3) is 28.4 Å². The van der Waals surface area contributed by atoms with E-state index >= 15 is 0 Å². The average Bonchev–Trinajstić information content (AvgIpc) is 3.70. The van der Waals surface area contributed by atoms with Crippen molar-refractivity contribution in [1.29, 1.82) is 0 Å². The molecule has 1 aromatic carbocycles. The first-order valence-electron chi connectivity index (χ1n) is 13.9. The molecule has 0 aliphatic rings. The van der Waals surface area contributed by atoms with Gasteiger partial charge in [-0.2, -0.15) is 0 Å². The van der Waals surface area contributed by atoms with Crippen molar-refractivity contribution in [3.05, 3.63) is 84.1 Å². The maximum atomic E-state index is 14.4. The fourth-order valence-corrected chi connectivity index (χ4v) is 7.17. The number of sulfonamides is 1. The lowest BCUT2D eigenvalue weighted by Crippen LogP contribution is -2.38. The van der Waals surface area contributed by atoms with Gasteiger partial charge in [-0.3, -0.25) is 14.5 Å². The van der Waals surface area contributed by atoms with E-state index in [2.05, 4.69) is 38.9 Å². The Morgan fingerprint density at radius 2 is 1.71 bits per heavy atom. The number of para-hydroxylation sites is 1. The van der Waals surface area contributed by atoms with Gasteiger partial charge in [0.2, 0.25) is 21.8 Å². The van der Waals surface area contributed by atoms with Gasteiger partial charge in [0.25, 0.3) is 0 Å². The molecule has 0 aliphatic carbocycles. The van der Waals surface area contributed by atoms with Crippen LogP contribution in [0.5, 0.6) is 11.5 Å².